The van der Waals surface area contributed by atoms with Gasteiger partial charge in [-0.1, -0.05) is 18.2 Å². The summed E-state index contributed by atoms with van der Waals surface area (Å²) in [7, 11) is 0. The molecule has 1 heterocycles. The van der Waals surface area contributed by atoms with E-state index in [1.54, 1.807) is 12.1 Å². The molecule has 0 aliphatic carbocycles. The first kappa shape index (κ1) is 6.74. The van der Waals surface area contributed by atoms with Crippen LogP contribution in [0.25, 0.3) is 10.9 Å². The molecule has 0 amide bonds. The Labute approximate surface area is 69.0 Å². The number of hydrogen-bond acceptors (Lipinski definition) is 2. The quantitative estimate of drug-likeness (QED) is 0.594. The Kier molecular flexibility index (Phi) is 1.28. The molecule has 0 spiro atoms. The number of hydrogen-bond donors (Lipinski definition) is 1. The largest absolute Gasteiger partial charge is 0.428 e. The zero-order valence-corrected chi connectivity index (χ0v) is 6.23. The first-order valence-corrected chi connectivity index (χ1v) is 3.52. The Bertz CT molecular complexity index is 465. The number of benzene rings is 1. The van der Waals surface area contributed by atoms with Gasteiger partial charge in [0.25, 0.3) is 0 Å². The van der Waals surface area contributed by atoms with E-state index in [-0.39, 0.29) is 0 Å². The van der Waals surface area contributed by atoms with E-state index in [1.807, 2.05) is 18.2 Å². The van der Waals surface area contributed by atoms with Crippen molar-refractivity contribution in [3.05, 3.63) is 36.0 Å². The van der Waals surface area contributed by atoms with Crippen molar-refractivity contribution in [2.45, 2.75) is 0 Å². The van der Waals surface area contributed by atoms with Gasteiger partial charge in [-0.2, -0.15) is 9.99 Å². The summed E-state index contributed by atoms with van der Waals surface area (Å²) in [5.41, 5.74) is 1.15. The average molecular weight is 158 g/mol. The third-order valence-corrected chi connectivity index (χ3v) is 1.81. The molecule has 0 fully saturated rings. The van der Waals surface area contributed by atoms with Gasteiger partial charge in [0.15, 0.2) is 0 Å². The van der Waals surface area contributed by atoms with Gasteiger partial charge in [0.1, 0.15) is 6.07 Å². The van der Waals surface area contributed by atoms with Crippen molar-refractivity contribution in [1.29, 1.82) is 5.26 Å². The second-order valence-electron chi connectivity index (χ2n) is 2.52. The number of aromatic nitrogens is 1. The summed E-state index contributed by atoms with van der Waals surface area (Å²) in [6.07, 6.45) is 1.41. The second-order valence-corrected chi connectivity index (χ2v) is 2.52. The molecule has 0 bridgehead atoms. The van der Waals surface area contributed by atoms with Crippen molar-refractivity contribution < 1.29 is 5.21 Å². The van der Waals surface area contributed by atoms with E-state index in [0.717, 1.165) is 10.1 Å². The Balaban J connectivity index is 2.94. The van der Waals surface area contributed by atoms with E-state index < -0.39 is 0 Å². The summed E-state index contributed by atoms with van der Waals surface area (Å²) in [6, 6.07) is 9.23. The number of fused-ring (bicyclic) bond motifs is 1. The first-order valence-electron chi connectivity index (χ1n) is 3.52. The summed E-state index contributed by atoms with van der Waals surface area (Å²) in [6.45, 7) is 0. The molecular weight excluding hydrogens is 152 g/mol. The van der Waals surface area contributed by atoms with Crippen LogP contribution in [0.3, 0.4) is 0 Å². The normalized spacial score (nSPS) is 9.92. The fraction of sp³-hybridized carbons (Fsp3) is 0. The van der Waals surface area contributed by atoms with Crippen molar-refractivity contribution in [2.24, 2.45) is 0 Å². The maximum absolute atomic E-state index is 9.29. The number of nitrogens with zero attached hydrogens (tertiary/aromatic N) is 2. The van der Waals surface area contributed by atoms with Gasteiger partial charge in [-0.15, -0.1) is 0 Å². The average Bonchev–Trinajstić information content (AvgIpc) is 2.44. The van der Waals surface area contributed by atoms with E-state index in [2.05, 4.69) is 0 Å². The summed E-state index contributed by atoms with van der Waals surface area (Å²) in [5.74, 6) is 0. The van der Waals surface area contributed by atoms with Crippen LogP contribution in [0.2, 0.25) is 0 Å². The van der Waals surface area contributed by atoms with Gasteiger partial charge >= 0.3 is 0 Å². The highest BCUT2D eigenvalue weighted by atomic mass is 16.5. The Morgan fingerprint density at radius 1 is 1.33 bits per heavy atom. The van der Waals surface area contributed by atoms with E-state index in [1.165, 1.54) is 6.20 Å². The molecule has 1 aromatic carbocycles. The zero-order chi connectivity index (χ0) is 8.55. The van der Waals surface area contributed by atoms with Crippen molar-refractivity contribution in [3.8, 4) is 6.07 Å². The van der Waals surface area contributed by atoms with Gasteiger partial charge in [-0.25, -0.2) is 0 Å². The molecule has 0 saturated carbocycles. The van der Waals surface area contributed by atoms with Crippen molar-refractivity contribution in [2.75, 3.05) is 0 Å². The minimum absolute atomic E-state index is 0.494. The first-order chi connectivity index (χ1) is 5.83. The number of para-hydroxylation sites is 1. The van der Waals surface area contributed by atoms with Crippen LogP contribution in [0.5, 0.6) is 0 Å². The number of rotatable bonds is 0. The molecule has 3 nitrogen and oxygen atoms in total. The molecule has 2 aromatic rings. The van der Waals surface area contributed by atoms with Gasteiger partial charge < -0.3 is 5.21 Å². The summed E-state index contributed by atoms with van der Waals surface area (Å²) < 4.78 is 0.966. The van der Waals surface area contributed by atoms with E-state index in [9.17, 15) is 5.21 Å². The van der Waals surface area contributed by atoms with E-state index >= 15 is 0 Å². The molecule has 58 valence electrons. The lowest BCUT2D eigenvalue weighted by Crippen LogP contribution is -1.84. The maximum atomic E-state index is 9.29. The molecule has 2 rings (SSSR count). The van der Waals surface area contributed by atoms with Crippen LogP contribution in [0.15, 0.2) is 30.5 Å². The molecule has 1 aromatic heterocycles. The Morgan fingerprint density at radius 2 is 2.08 bits per heavy atom. The lowest BCUT2D eigenvalue weighted by atomic mass is 10.2. The molecule has 0 unspecified atom stereocenters. The van der Waals surface area contributed by atoms with Crippen LogP contribution in [0, 0.1) is 11.3 Å². The molecule has 0 radical (unpaired) electrons. The summed E-state index contributed by atoms with van der Waals surface area (Å²) in [4.78, 5) is 0. The predicted octanol–water partition coefficient (Wildman–Crippen LogP) is 1.75. The van der Waals surface area contributed by atoms with Crippen molar-refractivity contribution in [1.82, 2.24) is 4.73 Å². The summed E-state index contributed by atoms with van der Waals surface area (Å²) in [5, 5.41) is 18.7. The third kappa shape index (κ3) is 0.753. The van der Waals surface area contributed by atoms with Gasteiger partial charge in [0.2, 0.25) is 0 Å². The summed E-state index contributed by atoms with van der Waals surface area (Å²) >= 11 is 0. The van der Waals surface area contributed by atoms with Gasteiger partial charge in [-0.3, -0.25) is 0 Å². The van der Waals surface area contributed by atoms with Crippen LogP contribution >= 0.6 is 0 Å². The third-order valence-electron chi connectivity index (χ3n) is 1.81. The minimum atomic E-state index is 0.494. The van der Waals surface area contributed by atoms with Crippen molar-refractivity contribution in [3.63, 3.8) is 0 Å². The van der Waals surface area contributed by atoms with Crippen LogP contribution < -0.4 is 0 Å². The molecule has 0 aliphatic heterocycles. The van der Waals surface area contributed by atoms with Crippen LogP contribution in [-0.4, -0.2) is 9.94 Å². The second kappa shape index (κ2) is 2.28. The van der Waals surface area contributed by atoms with Crippen LogP contribution in [0.4, 0.5) is 0 Å². The number of nitriles is 1. The fourth-order valence-corrected chi connectivity index (χ4v) is 1.25. The van der Waals surface area contributed by atoms with Gasteiger partial charge in [0.05, 0.1) is 17.3 Å². The monoisotopic (exact) mass is 158 g/mol. The standard InChI is InChI=1S/C9H6N2O/c10-5-7-6-11(12)9-4-2-1-3-8(7)9/h1-4,6,12H. The molecular formula is C9H6N2O. The van der Waals surface area contributed by atoms with Crippen LogP contribution in [0.1, 0.15) is 5.56 Å². The SMILES string of the molecule is N#Cc1cn(O)c2ccccc12. The van der Waals surface area contributed by atoms with Gasteiger partial charge in [0, 0.05) is 5.39 Å². The predicted molar refractivity (Wildman–Crippen MR) is 43.8 cm³/mol. The van der Waals surface area contributed by atoms with E-state index in [4.69, 9.17) is 5.26 Å². The molecule has 3 heteroatoms. The van der Waals surface area contributed by atoms with Crippen molar-refractivity contribution >= 4 is 10.9 Å². The smallest absolute Gasteiger partial charge is 0.102 e. The molecule has 12 heavy (non-hydrogen) atoms. The topological polar surface area (TPSA) is 49.0 Å². The van der Waals surface area contributed by atoms with Crippen LogP contribution in [-0.2, 0) is 0 Å². The van der Waals surface area contributed by atoms with E-state index in [0.29, 0.717) is 11.1 Å². The lowest BCUT2D eigenvalue weighted by molar-refractivity contribution is 0.200. The maximum Gasteiger partial charge on any atom is 0.102 e. The highest BCUT2D eigenvalue weighted by Gasteiger charge is 2.04. The lowest BCUT2D eigenvalue weighted by Gasteiger charge is -1.91. The zero-order valence-electron chi connectivity index (χ0n) is 6.23. The fourth-order valence-electron chi connectivity index (χ4n) is 1.25. The molecule has 0 saturated heterocycles. The Hall–Kier alpha value is -1.95. The minimum Gasteiger partial charge on any atom is -0.428 e. The van der Waals surface area contributed by atoms with Gasteiger partial charge in [-0.05, 0) is 6.07 Å². The molecule has 0 atom stereocenters. The highest BCUT2D eigenvalue weighted by Crippen LogP contribution is 2.18. The highest BCUT2D eigenvalue weighted by molar-refractivity contribution is 5.85. The molecule has 0 aliphatic rings. The Morgan fingerprint density at radius 3 is 2.83 bits per heavy atom. The molecule has 1 N–H and O–H groups in total.